The zero-order chi connectivity index (χ0) is 32.4. The summed E-state index contributed by atoms with van der Waals surface area (Å²) in [4.78, 5) is 0. The summed E-state index contributed by atoms with van der Waals surface area (Å²) >= 11 is 0. The lowest BCUT2D eigenvalue weighted by atomic mass is 10.0. The molecule has 0 aromatic carbocycles. The van der Waals surface area contributed by atoms with Gasteiger partial charge in [0.2, 0.25) is 0 Å². The molecule has 0 aromatic heterocycles. The Morgan fingerprint density at radius 3 is 0.636 bits per heavy atom. The van der Waals surface area contributed by atoms with Crippen LogP contribution in [0.1, 0.15) is 241 Å². The fraction of sp³-hybridized carbons (Fsp3) is 1.00. The van der Waals surface area contributed by atoms with Crippen LogP contribution in [0.15, 0.2) is 0 Å². The summed E-state index contributed by atoms with van der Waals surface area (Å²) in [5, 5.41) is 0. The third kappa shape index (κ3) is 32.4. The van der Waals surface area contributed by atoms with Crippen molar-refractivity contribution in [3.8, 4) is 0 Å². The Hall–Kier alpha value is 0.430. The first-order valence-corrected chi connectivity index (χ1v) is 23.8. The van der Waals surface area contributed by atoms with E-state index in [1.54, 1.807) is 24.6 Å². The molecule has 0 unspecified atom stereocenters. The van der Waals surface area contributed by atoms with Gasteiger partial charge in [0.1, 0.15) is 0 Å². The monoisotopic (exact) mass is 638 g/mol. The van der Waals surface area contributed by atoms with E-state index in [1.165, 1.54) is 199 Å². The molecular formula is C43H90P+. The maximum atomic E-state index is 2.51. The molecule has 0 rings (SSSR count). The maximum Gasteiger partial charge on any atom is 0.0617 e. The van der Waals surface area contributed by atoms with Crippen LogP contribution in [0.3, 0.4) is 0 Å². The molecule has 0 radical (unpaired) electrons. The van der Waals surface area contributed by atoms with Crippen molar-refractivity contribution < 1.29 is 0 Å². The van der Waals surface area contributed by atoms with Crippen molar-refractivity contribution in [1.29, 1.82) is 0 Å². The van der Waals surface area contributed by atoms with E-state index in [0.717, 1.165) is 11.8 Å². The van der Waals surface area contributed by atoms with Gasteiger partial charge in [0.05, 0.1) is 24.6 Å². The molecule has 0 amide bonds. The van der Waals surface area contributed by atoms with Gasteiger partial charge in [-0.05, 0) is 37.5 Å². The summed E-state index contributed by atoms with van der Waals surface area (Å²) in [5.41, 5.74) is 0. The molecule has 0 atom stereocenters. The predicted molar refractivity (Wildman–Crippen MR) is 211 cm³/mol. The normalized spacial score (nSPS) is 12.3. The highest BCUT2D eigenvalue weighted by Gasteiger charge is 2.37. The van der Waals surface area contributed by atoms with Gasteiger partial charge in [-0.3, -0.25) is 0 Å². The predicted octanol–water partition coefficient (Wildman–Crippen LogP) is 16.4. The minimum absolute atomic E-state index is 0.777. The van der Waals surface area contributed by atoms with Crippen LogP contribution in [0.5, 0.6) is 0 Å². The van der Waals surface area contributed by atoms with E-state index in [9.17, 15) is 0 Å². The van der Waals surface area contributed by atoms with Crippen molar-refractivity contribution in [3.63, 3.8) is 0 Å². The van der Waals surface area contributed by atoms with Gasteiger partial charge >= 0.3 is 0 Å². The van der Waals surface area contributed by atoms with Crippen molar-refractivity contribution in [2.24, 2.45) is 11.8 Å². The molecule has 0 saturated heterocycles. The van der Waals surface area contributed by atoms with Gasteiger partial charge in [-0.15, -0.1) is 0 Å². The number of hydrogen-bond donors (Lipinski definition) is 0. The molecule has 0 bridgehead atoms. The van der Waals surface area contributed by atoms with Crippen LogP contribution in [-0.4, -0.2) is 24.6 Å². The molecular weight excluding hydrogens is 547 g/mol. The molecule has 44 heavy (non-hydrogen) atoms. The third-order valence-corrected chi connectivity index (χ3v) is 15.8. The second-order valence-corrected chi connectivity index (χ2v) is 20.5. The van der Waals surface area contributed by atoms with Crippen LogP contribution < -0.4 is 0 Å². The minimum atomic E-state index is -0.777. The van der Waals surface area contributed by atoms with Crippen molar-refractivity contribution in [1.82, 2.24) is 0 Å². The van der Waals surface area contributed by atoms with Crippen LogP contribution in [-0.2, 0) is 0 Å². The lowest BCUT2D eigenvalue weighted by molar-refractivity contribution is 0.521. The first-order chi connectivity index (χ1) is 21.5. The fourth-order valence-corrected chi connectivity index (χ4v) is 13.9. The standard InChI is InChI=1S/C43H90P/c1-7-9-11-13-15-17-19-20-21-22-23-24-25-26-27-28-29-31-33-35-37-39-44(40-42(3)4,41-43(5)6)38-36-34-32-30-18-16-14-12-10-8-2/h42-43H,7-41H2,1-6H3/q+1. The summed E-state index contributed by atoms with van der Waals surface area (Å²) in [6.45, 7) is 14.7. The van der Waals surface area contributed by atoms with Gasteiger partial charge in [0, 0.05) is 7.26 Å². The first-order valence-electron chi connectivity index (χ1n) is 21.3. The molecule has 0 aliphatic heterocycles. The Balaban J connectivity index is 3.85. The molecule has 1 heteroatoms. The summed E-state index contributed by atoms with van der Waals surface area (Å²) in [5.74, 6) is 1.78. The summed E-state index contributed by atoms with van der Waals surface area (Å²) in [6, 6.07) is 0. The first kappa shape index (κ1) is 44.4. The van der Waals surface area contributed by atoms with E-state index in [4.69, 9.17) is 0 Å². The summed E-state index contributed by atoms with van der Waals surface area (Å²) in [6.07, 6.45) is 52.3. The molecule has 0 aliphatic carbocycles. The quantitative estimate of drug-likeness (QED) is 0.0469. The van der Waals surface area contributed by atoms with Crippen molar-refractivity contribution in [2.75, 3.05) is 24.6 Å². The van der Waals surface area contributed by atoms with E-state index in [1.807, 2.05) is 0 Å². The zero-order valence-electron chi connectivity index (χ0n) is 32.4. The Morgan fingerprint density at radius 1 is 0.273 bits per heavy atom. The zero-order valence-corrected chi connectivity index (χ0v) is 33.2. The Morgan fingerprint density at radius 2 is 0.455 bits per heavy atom. The number of hydrogen-bond acceptors (Lipinski definition) is 0. The van der Waals surface area contributed by atoms with Crippen molar-refractivity contribution >= 4 is 7.26 Å². The van der Waals surface area contributed by atoms with Gasteiger partial charge < -0.3 is 0 Å². The second kappa shape index (κ2) is 34.8. The molecule has 0 fully saturated rings. The molecule has 0 nitrogen and oxygen atoms in total. The maximum absolute atomic E-state index is 2.51. The van der Waals surface area contributed by atoms with Crippen molar-refractivity contribution in [2.45, 2.75) is 241 Å². The van der Waals surface area contributed by atoms with E-state index in [2.05, 4.69) is 41.5 Å². The van der Waals surface area contributed by atoms with Crippen LogP contribution in [0.2, 0.25) is 0 Å². The van der Waals surface area contributed by atoms with Gasteiger partial charge in [-0.1, -0.05) is 215 Å². The lowest BCUT2D eigenvalue weighted by Crippen LogP contribution is -2.18. The Kier molecular flexibility index (Phi) is 35.1. The smallest absolute Gasteiger partial charge is 0.0617 e. The molecule has 0 aromatic rings. The highest BCUT2D eigenvalue weighted by Crippen LogP contribution is 2.62. The van der Waals surface area contributed by atoms with Gasteiger partial charge in [0.25, 0.3) is 0 Å². The largest absolute Gasteiger partial charge is 0.0654 e. The average Bonchev–Trinajstić information content (AvgIpc) is 2.98. The van der Waals surface area contributed by atoms with Gasteiger partial charge in [-0.25, -0.2) is 0 Å². The number of rotatable bonds is 37. The van der Waals surface area contributed by atoms with Gasteiger partial charge in [-0.2, -0.15) is 0 Å². The highest BCUT2D eigenvalue weighted by molar-refractivity contribution is 7.75. The average molecular weight is 638 g/mol. The molecule has 0 N–H and O–H groups in total. The molecule has 0 heterocycles. The molecule has 0 spiro atoms. The molecule has 266 valence electrons. The lowest BCUT2D eigenvalue weighted by Gasteiger charge is -2.31. The van der Waals surface area contributed by atoms with E-state index in [-0.39, 0.29) is 0 Å². The SMILES string of the molecule is CCCCCCCCCCCCCCCCCCCCCCC[P+](CCCCCCCCCCCC)(CC(C)C)CC(C)C. The second-order valence-electron chi connectivity index (χ2n) is 16.2. The van der Waals surface area contributed by atoms with Crippen LogP contribution in [0, 0.1) is 11.8 Å². The van der Waals surface area contributed by atoms with Crippen LogP contribution in [0.25, 0.3) is 0 Å². The fourth-order valence-electron chi connectivity index (χ4n) is 7.91. The number of unbranched alkanes of at least 4 members (excludes halogenated alkanes) is 29. The Bertz CT molecular complexity index is 513. The summed E-state index contributed by atoms with van der Waals surface area (Å²) < 4.78 is 0. The Labute approximate surface area is 283 Å². The molecule has 0 aliphatic rings. The van der Waals surface area contributed by atoms with Gasteiger partial charge in [0.15, 0.2) is 0 Å². The summed E-state index contributed by atoms with van der Waals surface area (Å²) in [7, 11) is -0.777. The van der Waals surface area contributed by atoms with E-state index in [0.29, 0.717) is 0 Å². The molecule has 0 saturated carbocycles. The van der Waals surface area contributed by atoms with E-state index < -0.39 is 7.26 Å². The highest BCUT2D eigenvalue weighted by atomic mass is 31.2. The van der Waals surface area contributed by atoms with E-state index >= 15 is 0 Å². The minimum Gasteiger partial charge on any atom is -0.0654 e. The third-order valence-electron chi connectivity index (χ3n) is 10.2. The van der Waals surface area contributed by atoms with Crippen LogP contribution >= 0.6 is 7.26 Å². The van der Waals surface area contributed by atoms with Crippen LogP contribution in [0.4, 0.5) is 0 Å². The topological polar surface area (TPSA) is 0 Å². The van der Waals surface area contributed by atoms with Crippen molar-refractivity contribution in [3.05, 3.63) is 0 Å².